The molecule has 0 amide bonds. The first-order valence-corrected chi connectivity index (χ1v) is 8.10. The summed E-state index contributed by atoms with van der Waals surface area (Å²) in [6, 6.07) is 2.49. The lowest BCUT2D eigenvalue weighted by Gasteiger charge is -2.23. The van der Waals surface area contributed by atoms with Crippen molar-refractivity contribution >= 4 is 37.6 Å². The molecular formula is C10H9BrClF4NO2S. The Balaban J connectivity index is 3.26. The maximum atomic E-state index is 13.1. The first kappa shape index (κ1) is 17.7. The smallest absolute Gasteiger partial charge is 0.207 e. The van der Waals surface area contributed by atoms with Gasteiger partial charge in [0.2, 0.25) is 10.0 Å². The van der Waals surface area contributed by atoms with Crippen molar-refractivity contribution in [1.29, 1.82) is 0 Å². The van der Waals surface area contributed by atoms with Gasteiger partial charge in [0.15, 0.2) is 0 Å². The topological polar surface area (TPSA) is 37.4 Å². The Hall–Kier alpha value is -0.380. The van der Waals surface area contributed by atoms with Gasteiger partial charge >= 0.3 is 6.18 Å². The van der Waals surface area contributed by atoms with Crippen molar-refractivity contribution in [2.75, 3.05) is 18.4 Å². The van der Waals surface area contributed by atoms with Gasteiger partial charge in [0.25, 0.3) is 0 Å². The molecule has 114 valence electrons. The molecule has 0 aliphatic heterocycles. The summed E-state index contributed by atoms with van der Waals surface area (Å²) in [5, 5.41) is -0.344. The van der Waals surface area contributed by atoms with Gasteiger partial charge in [0.05, 0.1) is 5.02 Å². The Kier molecular flexibility index (Phi) is 5.82. The molecule has 0 unspecified atom stereocenters. The standard InChI is InChI=1S/C10H9BrClF4NO2S/c11-3-4-17(6-10(14,15)16)20(18,19)9-5-7(13)1-2-8(9)12/h1-2,5H,3-4,6H2. The number of rotatable bonds is 5. The normalized spacial score (nSPS) is 12.9. The quantitative estimate of drug-likeness (QED) is 0.563. The summed E-state index contributed by atoms with van der Waals surface area (Å²) in [4.78, 5) is -0.690. The predicted molar refractivity (Wildman–Crippen MR) is 70.0 cm³/mol. The molecule has 0 bridgehead atoms. The molecular weight excluding hydrogens is 390 g/mol. The van der Waals surface area contributed by atoms with Crippen LogP contribution in [0.2, 0.25) is 5.02 Å². The SMILES string of the molecule is O=S(=O)(c1cc(F)ccc1Cl)N(CCBr)CC(F)(F)F. The molecule has 0 aromatic heterocycles. The van der Waals surface area contributed by atoms with E-state index in [1.807, 2.05) is 0 Å². The number of hydrogen-bond acceptors (Lipinski definition) is 2. The summed E-state index contributed by atoms with van der Waals surface area (Å²) < 4.78 is 74.8. The average Bonchev–Trinajstić information content (AvgIpc) is 2.30. The van der Waals surface area contributed by atoms with E-state index in [1.54, 1.807) is 0 Å². The van der Waals surface area contributed by atoms with Gasteiger partial charge in [-0.25, -0.2) is 12.8 Å². The summed E-state index contributed by atoms with van der Waals surface area (Å²) in [5.74, 6) is -0.904. The van der Waals surface area contributed by atoms with Crippen LogP contribution in [0.25, 0.3) is 0 Å². The van der Waals surface area contributed by atoms with Crippen molar-refractivity contribution in [1.82, 2.24) is 4.31 Å². The van der Waals surface area contributed by atoms with Crippen LogP contribution in [0.1, 0.15) is 0 Å². The van der Waals surface area contributed by atoms with Gasteiger partial charge in [-0.1, -0.05) is 27.5 Å². The molecule has 0 aliphatic carbocycles. The fourth-order valence-electron chi connectivity index (χ4n) is 1.39. The highest BCUT2D eigenvalue weighted by Gasteiger charge is 2.37. The number of halogens is 6. The Morgan fingerprint density at radius 2 is 1.90 bits per heavy atom. The molecule has 0 fully saturated rings. The van der Waals surface area contributed by atoms with Crippen LogP contribution in [0.3, 0.4) is 0 Å². The summed E-state index contributed by atoms with van der Waals surface area (Å²) in [6.07, 6.45) is -4.71. The van der Waals surface area contributed by atoms with Crippen molar-refractivity contribution in [2.45, 2.75) is 11.1 Å². The second-order valence-electron chi connectivity index (χ2n) is 3.72. The second kappa shape index (κ2) is 6.59. The highest BCUT2D eigenvalue weighted by Crippen LogP contribution is 2.28. The molecule has 1 aromatic carbocycles. The molecule has 0 atom stereocenters. The van der Waals surface area contributed by atoms with Gasteiger partial charge < -0.3 is 0 Å². The molecule has 10 heteroatoms. The second-order valence-corrected chi connectivity index (χ2v) is 6.82. The molecule has 20 heavy (non-hydrogen) atoms. The molecule has 0 spiro atoms. The van der Waals surface area contributed by atoms with Crippen LogP contribution in [0.4, 0.5) is 17.6 Å². The van der Waals surface area contributed by atoms with Gasteiger partial charge in [0, 0.05) is 11.9 Å². The fraction of sp³-hybridized carbons (Fsp3) is 0.400. The van der Waals surface area contributed by atoms with Crippen LogP contribution in [-0.4, -0.2) is 37.3 Å². The summed E-state index contributed by atoms with van der Waals surface area (Å²) >= 11 is 8.51. The summed E-state index contributed by atoms with van der Waals surface area (Å²) in [7, 11) is -4.54. The molecule has 0 N–H and O–H groups in total. The third-order valence-electron chi connectivity index (χ3n) is 2.20. The molecule has 1 aromatic rings. The van der Waals surface area contributed by atoms with E-state index >= 15 is 0 Å². The van der Waals surface area contributed by atoms with Gasteiger partial charge in [-0.3, -0.25) is 0 Å². The number of alkyl halides is 4. The molecule has 0 saturated heterocycles. The van der Waals surface area contributed by atoms with E-state index in [0.717, 1.165) is 12.1 Å². The van der Waals surface area contributed by atoms with E-state index in [4.69, 9.17) is 11.6 Å². The number of hydrogen-bond donors (Lipinski definition) is 0. The average molecular weight is 399 g/mol. The van der Waals surface area contributed by atoms with Gasteiger partial charge in [-0.2, -0.15) is 17.5 Å². The Labute approximate surface area is 126 Å². The third-order valence-corrected chi connectivity index (χ3v) is 4.88. The van der Waals surface area contributed by atoms with E-state index in [0.29, 0.717) is 6.07 Å². The van der Waals surface area contributed by atoms with Crippen molar-refractivity contribution in [3.05, 3.63) is 29.0 Å². The first-order chi connectivity index (χ1) is 9.08. The monoisotopic (exact) mass is 397 g/mol. The van der Waals surface area contributed by atoms with E-state index in [1.165, 1.54) is 0 Å². The van der Waals surface area contributed by atoms with Gasteiger partial charge in [0.1, 0.15) is 17.3 Å². The van der Waals surface area contributed by atoms with Gasteiger partial charge in [-0.15, -0.1) is 0 Å². The van der Waals surface area contributed by atoms with Gasteiger partial charge in [-0.05, 0) is 18.2 Å². The Bertz CT molecular complexity index is 579. The number of benzene rings is 1. The van der Waals surface area contributed by atoms with Crippen LogP contribution in [-0.2, 0) is 10.0 Å². The molecule has 0 heterocycles. The van der Waals surface area contributed by atoms with Crippen LogP contribution >= 0.6 is 27.5 Å². The van der Waals surface area contributed by atoms with Crippen molar-refractivity contribution in [3.63, 3.8) is 0 Å². The molecule has 3 nitrogen and oxygen atoms in total. The van der Waals surface area contributed by atoms with Crippen LogP contribution in [0.5, 0.6) is 0 Å². The van der Waals surface area contributed by atoms with Crippen molar-refractivity contribution in [3.8, 4) is 0 Å². The van der Waals surface area contributed by atoms with E-state index in [2.05, 4.69) is 15.9 Å². The summed E-state index contributed by atoms with van der Waals surface area (Å²) in [5.41, 5.74) is 0. The third kappa shape index (κ3) is 4.57. The van der Waals surface area contributed by atoms with Crippen LogP contribution in [0.15, 0.2) is 23.1 Å². The molecule has 1 rings (SSSR count). The van der Waals surface area contributed by atoms with Crippen molar-refractivity contribution in [2.24, 2.45) is 0 Å². The first-order valence-electron chi connectivity index (χ1n) is 5.16. The lowest BCUT2D eigenvalue weighted by Crippen LogP contribution is -2.40. The molecule has 0 saturated carbocycles. The fourth-order valence-corrected chi connectivity index (χ4v) is 3.97. The van der Waals surface area contributed by atoms with E-state index in [9.17, 15) is 26.0 Å². The number of nitrogens with zero attached hydrogens (tertiary/aromatic N) is 1. The molecule has 0 radical (unpaired) electrons. The lowest BCUT2D eigenvalue weighted by molar-refractivity contribution is -0.135. The Morgan fingerprint density at radius 3 is 2.40 bits per heavy atom. The maximum absolute atomic E-state index is 13.1. The minimum atomic E-state index is -4.71. The van der Waals surface area contributed by atoms with E-state index in [-0.39, 0.29) is 14.7 Å². The number of sulfonamides is 1. The maximum Gasteiger partial charge on any atom is 0.402 e. The minimum Gasteiger partial charge on any atom is -0.207 e. The highest BCUT2D eigenvalue weighted by atomic mass is 79.9. The lowest BCUT2D eigenvalue weighted by atomic mass is 10.3. The van der Waals surface area contributed by atoms with E-state index < -0.39 is 40.0 Å². The minimum absolute atomic E-state index is 0.00472. The molecule has 0 aliphatic rings. The Morgan fingerprint density at radius 1 is 1.30 bits per heavy atom. The van der Waals surface area contributed by atoms with Crippen LogP contribution < -0.4 is 0 Å². The highest BCUT2D eigenvalue weighted by molar-refractivity contribution is 9.09. The summed E-state index contributed by atoms with van der Waals surface area (Å²) in [6.45, 7) is -2.09. The predicted octanol–water partition coefficient (Wildman–Crippen LogP) is 3.43. The zero-order chi connectivity index (χ0) is 15.6. The zero-order valence-corrected chi connectivity index (χ0v) is 13.0. The van der Waals surface area contributed by atoms with Crippen LogP contribution in [0, 0.1) is 5.82 Å². The largest absolute Gasteiger partial charge is 0.402 e. The van der Waals surface area contributed by atoms with Crippen molar-refractivity contribution < 1.29 is 26.0 Å². The zero-order valence-electron chi connectivity index (χ0n) is 9.79.